The maximum absolute atomic E-state index is 13.0. The topological polar surface area (TPSA) is 95.6 Å². The van der Waals surface area contributed by atoms with Crippen molar-refractivity contribution >= 4 is 11.6 Å². The Hall–Kier alpha value is -3.62. The summed E-state index contributed by atoms with van der Waals surface area (Å²) in [5, 5.41) is 6.63. The Morgan fingerprint density at radius 1 is 1.11 bits per heavy atom. The molecule has 0 saturated carbocycles. The highest BCUT2D eigenvalue weighted by Gasteiger charge is 2.15. The quantitative estimate of drug-likeness (QED) is 0.754. The van der Waals surface area contributed by atoms with E-state index in [1.54, 1.807) is 18.2 Å². The number of hydrogen-bond acceptors (Lipinski definition) is 6. The third-order valence-corrected chi connectivity index (χ3v) is 3.82. The van der Waals surface area contributed by atoms with Crippen LogP contribution in [0.5, 0.6) is 11.5 Å². The summed E-state index contributed by atoms with van der Waals surface area (Å²) in [5.41, 5.74) is 0.930. The first kappa shape index (κ1) is 16.8. The molecule has 2 heterocycles. The van der Waals surface area contributed by atoms with E-state index in [0.29, 0.717) is 36.0 Å². The van der Waals surface area contributed by atoms with Crippen LogP contribution in [0.25, 0.3) is 11.5 Å². The Morgan fingerprint density at radius 2 is 1.85 bits per heavy atom. The van der Waals surface area contributed by atoms with E-state index in [0.717, 1.165) is 4.68 Å². The molecule has 2 aromatic carbocycles. The molecule has 1 N–H and O–H groups in total. The van der Waals surface area contributed by atoms with Gasteiger partial charge in [-0.2, -0.15) is 4.68 Å². The number of aromatic nitrogens is 2. The molecule has 138 valence electrons. The third kappa shape index (κ3) is 3.66. The van der Waals surface area contributed by atoms with Crippen molar-refractivity contribution in [3.05, 3.63) is 58.8 Å². The maximum Gasteiger partial charge on any atom is 0.437 e. The molecule has 0 atom stereocenters. The van der Waals surface area contributed by atoms with Crippen molar-refractivity contribution in [2.24, 2.45) is 0 Å². The number of amides is 1. The average Bonchev–Trinajstić information content (AvgIpc) is 3.02. The first-order valence-electron chi connectivity index (χ1n) is 8.12. The fourth-order valence-corrected chi connectivity index (χ4v) is 2.57. The molecule has 4 rings (SSSR count). The lowest BCUT2D eigenvalue weighted by Gasteiger charge is -2.18. The number of nitrogens with zero attached hydrogens (tertiary/aromatic N) is 2. The van der Waals surface area contributed by atoms with Gasteiger partial charge in [-0.15, -0.1) is 5.10 Å². The van der Waals surface area contributed by atoms with Gasteiger partial charge in [0.05, 0.1) is 0 Å². The van der Waals surface area contributed by atoms with E-state index < -0.39 is 17.5 Å². The van der Waals surface area contributed by atoms with Crippen LogP contribution in [-0.4, -0.2) is 28.9 Å². The lowest BCUT2D eigenvalue weighted by molar-refractivity contribution is -0.117. The zero-order valence-corrected chi connectivity index (χ0v) is 14.0. The number of hydrogen-bond donors (Lipinski definition) is 1. The molecule has 3 aromatic rings. The molecular weight excluding hydrogens is 357 g/mol. The van der Waals surface area contributed by atoms with Crippen molar-refractivity contribution in [2.75, 3.05) is 18.5 Å². The minimum absolute atomic E-state index is 0.00660. The van der Waals surface area contributed by atoms with Crippen molar-refractivity contribution < 1.29 is 23.1 Å². The predicted octanol–water partition coefficient (Wildman–Crippen LogP) is 2.05. The van der Waals surface area contributed by atoms with E-state index in [1.807, 2.05) is 0 Å². The number of fused-ring (bicyclic) bond motifs is 1. The van der Waals surface area contributed by atoms with Gasteiger partial charge in [0, 0.05) is 17.3 Å². The maximum atomic E-state index is 13.0. The summed E-state index contributed by atoms with van der Waals surface area (Å²) in [6.07, 6.45) is 0. The number of anilines is 1. The molecular formula is C18H14FN3O5. The van der Waals surface area contributed by atoms with Gasteiger partial charge in [-0.1, -0.05) is 0 Å². The molecule has 9 heteroatoms. The number of nitrogens with one attached hydrogen (secondary N) is 1. The zero-order chi connectivity index (χ0) is 18.8. The minimum atomic E-state index is -0.786. The van der Waals surface area contributed by atoms with Crippen molar-refractivity contribution in [3.63, 3.8) is 0 Å². The Kier molecular flexibility index (Phi) is 4.33. The molecule has 8 nitrogen and oxygen atoms in total. The molecule has 0 radical (unpaired) electrons. The molecule has 0 spiro atoms. The Morgan fingerprint density at radius 3 is 2.63 bits per heavy atom. The normalized spacial score (nSPS) is 12.6. The zero-order valence-electron chi connectivity index (χ0n) is 14.0. The highest BCUT2D eigenvalue weighted by Crippen LogP contribution is 2.32. The number of carbonyl (C=O) groups is 1. The average molecular weight is 371 g/mol. The van der Waals surface area contributed by atoms with Crippen LogP contribution < -0.4 is 20.5 Å². The molecule has 1 amide bonds. The van der Waals surface area contributed by atoms with Crippen LogP contribution in [0, 0.1) is 5.82 Å². The molecule has 1 aliphatic rings. The van der Waals surface area contributed by atoms with Crippen molar-refractivity contribution in [2.45, 2.75) is 6.54 Å². The second-order valence-electron chi connectivity index (χ2n) is 5.74. The van der Waals surface area contributed by atoms with E-state index in [-0.39, 0.29) is 12.4 Å². The monoisotopic (exact) mass is 371 g/mol. The predicted molar refractivity (Wildman–Crippen MR) is 92.2 cm³/mol. The van der Waals surface area contributed by atoms with Crippen LogP contribution >= 0.6 is 0 Å². The summed E-state index contributed by atoms with van der Waals surface area (Å²) in [7, 11) is 0. The van der Waals surface area contributed by atoms with Crippen molar-refractivity contribution in [1.82, 2.24) is 9.78 Å². The van der Waals surface area contributed by atoms with Crippen LogP contribution in [0.1, 0.15) is 0 Å². The standard InChI is InChI=1S/C18H14FN3O5/c19-12-3-1-11(2-4-12)17-21-22(18(24)27-17)10-16(23)20-13-5-6-14-15(9-13)26-8-7-25-14/h1-6,9H,7-8,10H2,(H,20,23). The van der Waals surface area contributed by atoms with Gasteiger partial charge in [-0.3, -0.25) is 4.79 Å². The molecule has 27 heavy (non-hydrogen) atoms. The van der Waals surface area contributed by atoms with Gasteiger partial charge >= 0.3 is 5.76 Å². The van der Waals surface area contributed by atoms with Crippen LogP contribution in [0.15, 0.2) is 51.7 Å². The van der Waals surface area contributed by atoms with Gasteiger partial charge in [-0.25, -0.2) is 9.18 Å². The minimum Gasteiger partial charge on any atom is -0.486 e. The molecule has 0 fully saturated rings. The fourth-order valence-electron chi connectivity index (χ4n) is 2.57. The van der Waals surface area contributed by atoms with E-state index in [1.165, 1.54) is 24.3 Å². The molecule has 1 aromatic heterocycles. The summed E-state index contributed by atoms with van der Waals surface area (Å²) >= 11 is 0. The van der Waals surface area contributed by atoms with Crippen LogP contribution in [0.4, 0.5) is 10.1 Å². The molecule has 0 saturated heterocycles. The van der Waals surface area contributed by atoms with Gasteiger partial charge < -0.3 is 19.2 Å². The van der Waals surface area contributed by atoms with E-state index in [4.69, 9.17) is 13.9 Å². The summed E-state index contributed by atoms with van der Waals surface area (Å²) in [6.45, 7) is 0.576. The third-order valence-electron chi connectivity index (χ3n) is 3.82. The molecule has 0 aliphatic carbocycles. The number of ether oxygens (including phenoxy) is 2. The first-order chi connectivity index (χ1) is 13.1. The smallest absolute Gasteiger partial charge is 0.437 e. The lowest BCUT2D eigenvalue weighted by atomic mass is 10.2. The fraction of sp³-hybridized carbons (Fsp3) is 0.167. The summed E-state index contributed by atoms with van der Waals surface area (Å²) < 4.78 is 29.8. The number of carbonyl (C=O) groups excluding carboxylic acids is 1. The second kappa shape index (κ2) is 6.94. The van der Waals surface area contributed by atoms with Gasteiger partial charge in [0.1, 0.15) is 25.6 Å². The molecule has 0 unspecified atom stereocenters. The number of rotatable bonds is 4. The highest BCUT2D eigenvalue weighted by molar-refractivity contribution is 5.90. The summed E-state index contributed by atoms with van der Waals surface area (Å²) in [6, 6.07) is 10.3. The van der Waals surface area contributed by atoms with Gasteiger partial charge in [0.25, 0.3) is 0 Å². The van der Waals surface area contributed by atoms with Gasteiger partial charge in [0.15, 0.2) is 11.5 Å². The van der Waals surface area contributed by atoms with Crippen LogP contribution in [-0.2, 0) is 11.3 Å². The Bertz CT molecular complexity index is 1040. The highest BCUT2D eigenvalue weighted by atomic mass is 19.1. The number of halogens is 1. The van der Waals surface area contributed by atoms with Crippen LogP contribution in [0.3, 0.4) is 0 Å². The van der Waals surface area contributed by atoms with E-state index in [9.17, 15) is 14.0 Å². The Balaban J connectivity index is 1.47. The molecule has 0 bridgehead atoms. The summed E-state index contributed by atoms with van der Waals surface area (Å²) in [5.74, 6) is -0.516. The van der Waals surface area contributed by atoms with E-state index in [2.05, 4.69) is 10.4 Å². The second-order valence-corrected chi connectivity index (χ2v) is 5.74. The largest absolute Gasteiger partial charge is 0.486 e. The number of benzene rings is 2. The molecule has 1 aliphatic heterocycles. The SMILES string of the molecule is O=C(Cn1nc(-c2ccc(F)cc2)oc1=O)Nc1ccc2c(c1)OCCO2. The van der Waals surface area contributed by atoms with E-state index >= 15 is 0 Å². The van der Waals surface area contributed by atoms with Crippen LogP contribution in [0.2, 0.25) is 0 Å². The Labute approximate surface area is 152 Å². The lowest BCUT2D eigenvalue weighted by Crippen LogP contribution is -2.26. The van der Waals surface area contributed by atoms with Crippen molar-refractivity contribution in [3.8, 4) is 23.0 Å². The van der Waals surface area contributed by atoms with Gasteiger partial charge in [0.2, 0.25) is 11.8 Å². The first-order valence-corrected chi connectivity index (χ1v) is 8.12. The van der Waals surface area contributed by atoms with Gasteiger partial charge in [-0.05, 0) is 36.4 Å². The van der Waals surface area contributed by atoms with Crippen molar-refractivity contribution in [1.29, 1.82) is 0 Å². The summed E-state index contributed by atoms with van der Waals surface area (Å²) in [4.78, 5) is 24.1.